The minimum Gasteiger partial charge on any atom is -0.493 e. The van der Waals surface area contributed by atoms with E-state index in [1.165, 1.54) is 12.5 Å². The van der Waals surface area contributed by atoms with Crippen LogP contribution < -0.4 is 23.7 Å². The molecule has 3 rings (SSSR count). The third-order valence-electron chi connectivity index (χ3n) is 6.93. The van der Waals surface area contributed by atoms with Crippen LogP contribution in [0.15, 0.2) is 24.3 Å². The molecule has 0 spiro atoms. The predicted molar refractivity (Wildman–Crippen MR) is 133 cm³/mol. The van der Waals surface area contributed by atoms with E-state index in [9.17, 15) is 4.79 Å². The fourth-order valence-corrected chi connectivity index (χ4v) is 5.11. The van der Waals surface area contributed by atoms with E-state index in [0.717, 1.165) is 48.0 Å². The molecule has 2 aromatic carbocycles. The monoisotopic (exact) mass is 488 g/mol. The molecule has 0 N–H and O–H groups in total. The molecule has 1 aliphatic rings. The maximum atomic E-state index is 11.3. The molecule has 0 radical (unpaired) electrons. The lowest BCUT2D eigenvalue weighted by Crippen LogP contribution is -2.52. The number of esters is 1. The molecule has 2 atom stereocenters. The van der Waals surface area contributed by atoms with Crippen LogP contribution in [-0.2, 0) is 22.4 Å². The summed E-state index contributed by atoms with van der Waals surface area (Å²) in [5.41, 5.74) is 3.45. The highest BCUT2D eigenvalue weighted by atomic mass is 16.5. The van der Waals surface area contributed by atoms with Gasteiger partial charge in [-0.15, -0.1) is 0 Å². The molecule has 0 fully saturated rings. The molecule has 0 aromatic heterocycles. The number of rotatable bonds is 11. The van der Waals surface area contributed by atoms with Gasteiger partial charge >= 0.3 is 5.97 Å². The Hall–Kier alpha value is -3.13. The van der Waals surface area contributed by atoms with Crippen LogP contribution in [0.5, 0.6) is 28.7 Å². The van der Waals surface area contributed by atoms with Crippen molar-refractivity contribution >= 4 is 5.97 Å². The van der Waals surface area contributed by atoms with Crippen LogP contribution in [-0.4, -0.2) is 72.7 Å². The number of likely N-dealkylation sites (N-methyl/N-ethyl adjacent to an activating group) is 1. The molecule has 0 aliphatic carbocycles. The average molecular weight is 489 g/mol. The van der Waals surface area contributed by atoms with E-state index >= 15 is 0 Å². The van der Waals surface area contributed by atoms with Gasteiger partial charge in [-0.2, -0.15) is 0 Å². The highest BCUT2D eigenvalue weighted by Gasteiger charge is 2.42. The van der Waals surface area contributed by atoms with E-state index in [-0.39, 0.29) is 12.0 Å². The Kier molecular flexibility index (Phi) is 8.72. The third kappa shape index (κ3) is 5.59. The lowest BCUT2D eigenvalue weighted by molar-refractivity contribution is -0.941. The normalized spacial score (nSPS) is 18.9. The first-order valence-corrected chi connectivity index (χ1v) is 11.8. The molecule has 0 bridgehead atoms. The highest BCUT2D eigenvalue weighted by Crippen LogP contribution is 2.50. The van der Waals surface area contributed by atoms with E-state index in [0.29, 0.717) is 35.4 Å². The zero-order valence-electron chi connectivity index (χ0n) is 21.9. The van der Waals surface area contributed by atoms with Crippen molar-refractivity contribution in [2.45, 2.75) is 32.2 Å². The number of methoxy groups -OCH3 is 5. The molecular formula is C27H38NO7+. The number of quaternary nitrogens is 1. The summed E-state index contributed by atoms with van der Waals surface area (Å²) >= 11 is 0. The first-order valence-electron chi connectivity index (χ1n) is 11.8. The molecule has 8 nitrogen and oxygen atoms in total. The lowest BCUT2D eigenvalue weighted by Gasteiger charge is -2.46. The summed E-state index contributed by atoms with van der Waals surface area (Å²) < 4.78 is 34.3. The van der Waals surface area contributed by atoms with Gasteiger partial charge in [0.25, 0.3) is 0 Å². The Labute approximate surface area is 208 Å². The van der Waals surface area contributed by atoms with E-state index in [4.69, 9.17) is 28.4 Å². The fraction of sp³-hybridized carbons (Fsp3) is 0.519. The average Bonchev–Trinajstić information content (AvgIpc) is 2.86. The molecule has 1 heterocycles. The van der Waals surface area contributed by atoms with E-state index < -0.39 is 0 Å². The topological polar surface area (TPSA) is 72.5 Å². The third-order valence-corrected chi connectivity index (χ3v) is 6.93. The van der Waals surface area contributed by atoms with Gasteiger partial charge in [0.2, 0.25) is 5.75 Å². The number of fused-ring (bicyclic) bond motifs is 1. The van der Waals surface area contributed by atoms with Crippen molar-refractivity contribution in [3.63, 3.8) is 0 Å². The summed E-state index contributed by atoms with van der Waals surface area (Å²) in [7, 11) is 10.5. The molecule has 0 amide bonds. The van der Waals surface area contributed by atoms with Gasteiger partial charge in [0.1, 0.15) is 6.04 Å². The van der Waals surface area contributed by atoms with Crippen LogP contribution in [0.1, 0.15) is 36.1 Å². The first kappa shape index (κ1) is 26.5. The van der Waals surface area contributed by atoms with Gasteiger partial charge < -0.3 is 32.9 Å². The van der Waals surface area contributed by atoms with Crippen molar-refractivity contribution in [3.05, 3.63) is 41.0 Å². The molecule has 2 aromatic rings. The number of benzene rings is 2. The van der Waals surface area contributed by atoms with Gasteiger partial charge in [-0.3, -0.25) is 4.79 Å². The second kappa shape index (κ2) is 11.5. The summed E-state index contributed by atoms with van der Waals surface area (Å²) in [5.74, 6) is 3.11. The van der Waals surface area contributed by atoms with Crippen molar-refractivity contribution in [2.75, 3.05) is 62.3 Å². The largest absolute Gasteiger partial charge is 0.493 e. The Balaban J connectivity index is 2.09. The minimum absolute atomic E-state index is 0.0731. The summed E-state index contributed by atoms with van der Waals surface area (Å²) in [5, 5.41) is 0. The van der Waals surface area contributed by atoms with Crippen molar-refractivity contribution in [1.29, 1.82) is 0 Å². The predicted octanol–water partition coefficient (Wildman–Crippen LogP) is 3.97. The zero-order valence-corrected chi connectivity index (χ0v) is 21.9. The SMILES string of the molecule is COc1ccc(CC2c3c(cc(OC)c(OC)c3OC)CC[N+]2(C)CCCOC(C)=O)cc1OC. The smallest absolute Gasteiger partial charge is 0.302 e. The van der Waals surface area contributed by atoms with Gasteiger partial charge in [-0.1, -0.05) is 6.07 Å². The molecule has 2 unspecified atom stereocenters. The van der Waals surface area contributed by atoms with Gasteiger partial charge in [0.05, 0.1) is 67.9 Å². The maximum absolute atomic E-state index is 11.3. The molecule has 35 heavy (non-hydrogen) atoms. The second-order valence-electron chi connectivity index (χ2n) is 9.00. The van der Waals surface area contributed by atoms with E-state index in [2.05, 4.69) is 19.2 Å². The van der Waals surface area contributed by atoms with Crippen LogP contribution in [0.3, 0.4) is 0 Å². The van der Waals surface area contributed by atoms with Gasteiger partial charge in [-0.25, -0.2) is 0 Å². The lowest BCUT2D eigenvalue weighted by atomic mass is 9.85. The number of carbonyl (C=O) groups is 1. The summed E-state index contributed by atoms with van der Waals surface area (Å²) in [6.45, 7) is 3.63. The van der Waals surface area contributed by atoms with Crippen LogP contribution in [0, 0.1) is 0 Å². The van der Waals surface area contributed by atoms with Crippen molar-refractivity contribution in [3.8, 4) is 28.7 Å². The molecule has 0 saturated carbocycles. The van der Waals surface area contributed by atoms with Crippen molar-refractivity contribution in [2.24, 2.45) is 0 Å². The van der Waals surface area contributed by atoms with Crippen LogP contribution in [0.25, 0.3) is 0 Å². The van der Waals surface area contributed by atoms with E-state index in [1.54, 1.807) is 35.5 Å². The van der Waals surface area contributed by atoms with Gasteiger partial charge in [0, 0.05) is 26.2 Å². The standard InChI is InChI=1S/C27H38NO7/c1-18(29)35-14-8-12-28(2)13-11-20-17-24(32-5)26(33-6)27(34-7)25(20)21(28)15-19-9-10-22(30-3)23(16-19)31-4/h9-10,16-17,21H,8,11-15H2,1-7H3/q+1. The first-order chi connectivity index (χ1) is 16.8. The number of ether oxygens (including phenoxy) is 6. The van der Waals surface area contributed by atoms with Crippen molar-refractivity contribution < 1.29 is 37.7 Å². The molecule has 8 heteroatoms. The van der Waals surface area contributed by atoms with Crippen LogP contribution >= 0.6 is 0 Å². The fourth-order valence-electron chi connectivity index (χ4n) is 5.11. The van der Waals surface area contributed by atoms with Gasteiger partial charge in [0.15, 0.2) is 23.0 Å². The van der Waals surface area contributed by atoms with Crippen molar-refractivity contribution in [1.82, 2.24) is 0 Å². The minimum atomic E-state index is -0.253. The quantitative estimate of drug-likeness (QED) is 0.269. The molecule has 192 valence electrons. The summed E-state index contributed by atoms with van der Waals surface area (Å²) in [6, 6.07) is 8.19. The van der Waals surface area contributed by atoms with E-state index in [1.807, 2.05) is 12.1 Å². The zero-order chi connectivity index (χ0) is 25.6. The number of nitrogens with zero attached hydrogens (tertiary/aromatic N) is 1. The number of carbonyl (C=O) groups excluding carboxylic acids is 1. The molecular weight excluding hydrogens is 450 g/mol. The maximum Gasteiger partial charge on any atom is 0.302 e. The van der Waals surface area contributed by atoms with Crippen LogP contribution in [0.4, 0.5) is 0 Å². The Morgan fingerprint density at radius 3 is 2.20 bits per heavy atom. The number of hydrogen-bond donors (Lipinski definition) is 0. The molecule has 0 saturated heterocycles. The van der Waals surface area contributed by atoms with Gasteiger partial charge in [-0.05, 0) is 29.3 Å². The summed E-state index contributed by atoms with van der Waals surface area (Å²) in [6.07, 6.45) is 2.39. The van der Waals surface area contributed by atoms with Crippen LogP contribution in [0.2, 0.25) is 0 Å². The Morgan fingerprint density at radius 1 is 0.914 bits per heavy atom. The second-order valence-corrected chi connectivity index (χ2v) is 9.00. The highest BCUT2D eigenvalue weighted by molar-refractivity contribution is 5.65. The summed E-state index contributed by atoms with van der Waals surface area (Å²) in [4.78, 5) is 11.3. The molecule has 1 aliphatic heterocycles. The Bertz CT molecular complexity index is 1040. The number of hydrogen-bond acceptors (Lipinski definition) is 7. The Morgan fingerprint density at radius 2 is 1.60 bits per heavy atom.